The van der Waals surface area contributed by atoms with E-state index in [9.17, 15) is 0 Å². The number of benzene rings is 6. The molecule has 38 heavy (non-hydrogen) atoms. The van der Waals surface area contributed by atoms with Crippen molar-refractivity contribution in [1.29, 1.82) is 0 Å². The van der Waals surface area contributed by atoms with Crippen molar-refractivity contribution in [3.8, 4) is 11.3 Å². The standard InChI is InChI=1S/C35H24NPS/c38-37(27-12-3-1-4-13-27,28-14-5-2-6-15-28)29-22-19-26(20-23-29)34-32-18-10-9-17-31(32)33-24-21-25-11-7-8-16-30(25)35(33)36-34/h1-24H. The molecule has 0 amide bonds. The van der Waals surface area contributed by atoms with Crippen molar-refractivity contribution in [2.24, 2.45) is 0 Å². The van der Waals surface area contributed by atoms with E-state index in [2.05, 4.69) is 146 Å². The van der Waals surface area contributed by atoms with Gasteiger partial charge in [0.2, 0.25) is 0 Å². The van der Waals surface area contributed by atoms with E-state index in [1.807, 2.05) is 0 Å². The third-order valence-electron chi connectivity index (χ3n) is 7.34. The molecule has 7 rings (SSSR count). The maximum atomic E-state index is 6.55. The van der Waals surface area contributed by atoms with Gasteiger partial charge < -0.3 is 0 Å². The minimum Gasteiger partial charge on any atom is -0.246 e. The second kappa shape index (κ2) is 9.33. The van der Waals surface area contributed by atoms with Crippen molar-refractivity contribution >= 4 is 66.2 Å². The van der Waals surface area contributed by atoms with Gasteiger partial charge in [0.25, 0.3) is 0 Å². The molecule has 0 bridgehead atoms. The normalized spacial score (nSPS) is 11.8. The summed E-state index contributed by atoms with van der Waals surface area (Å²) in [5, 5.41) is 9.54. The largest absolute Gasteiger partial charge is 0.246 e. The highest BCUT2D eigenvalue weighted by molar-refractivity contribution is 8.25. The molecule has 0 N–H and O–H groups in total. The smallest absolute Gasteiger partial charge is 0.0794 e. The molecule has 6 aromatic carbocycles. The summed E-state index contributed by atoms with van der Waals surface area (Å²) in [6.45, 7) is 0. The minimum atomic E-state index is -2.19. The molecule has 3 heteroatoms. The van der Waals surface area contributed by atoms with E-state index >= 15 is 0 Å². The number of hydrogen-bond donors (Lipinski definition) is 0. The zero-order valence-electron chi connectivity index (χ0n) is 20.7. The van der Waals surface area contributed by atoms with Crippen LogP contribution in [-0.4, -0.2) is 4.98 Å². The summed E-state index contributed by atoms with van der Waals surface area (Å²) in [5.41, 5.74) is 3.14. The van der Waals surface area contributed by atoms with Crippen molar-refractivity contribution in [3.05, 3.63) is 146 Å². The number of fused-ring (bicyclic) bond motifs is 5. The lowest BCUT2D eigenvalue weighted by Gasteiger charge is -2.24. The number of pyridine rings is 1. The summed E-state index contributed by atoms with van der Waals surface area (Å²) >= 11 is 6.55. The fraction of sp³-hybridized carbons (Fsp3) is 0. The number of nitrogens with zero attached hydrogens (tertiary/aromatic N) is 1. The SMILES string of the molecule is S=P(c1ccccc1)(c1ccccc1)c1ccc(-c2nc3c4ccccc4ccc3c3ccccc23)cc1. The van der Waals surface area contributed by atoms with Gasteiger partial charge in [-0.2, -0.15) is 0 Å². The lowest BCUT2D eigenvalue weighted by Crippen LogP contribution is -2.24. The molecule has 0 fully saturated rings. The average Bonchev–Trinajstić information content (AvgIpc) is 3.01. The number of aromatic nitrogens is 1. The van der Waals surface area contributed by atoms with Gasteiger partial charge in [0.05, 0.1) is 11.2 Å². The monoisotopic (exact) mass is 521 g/mol. The van der Waals surface area contributed by atoms with Crippen molar-refractivity contribution in [3.63, 3.8) is 0 Å². The van der Waals surface area contributed by atoms with E-state index < -0.39 is 6.04 Å². The Morgan fingerprint density at radius 2 is 0.947 bits per heavy atom. The zero-order valence-corrected chi connectivity index (χ0v) is 22.4. The van der Waals surface area contributed by atoms with Gasteiger partial charge in [0.15, 0.2) is 0 Å². The van der Waals surface area contributed by atoms with Gasteiger partial charge in [-0.25, -0.2) is 4.98 Å². The first-order valence-corrected chi connectivity index (χ1v) is 15.6. The maximum Gasteiger partial charge on any atom is 0.0794 e. The first-order valence-electron chi connectivity index (χ1n) is 12.8. The summed E-state index contributed by atoms with van der Waals surface area (Å²) in [7, 11) is 0. The molecule has 0 spiro atoms. The van der Waals surface area contributed by atoms with Crippen LogP contribution >= 0.6 is 6.04 Å². The van der Waals surface area contributed by atoms with E-state index in [1.165, 1.54) is 37.5 Å². The highest BCUT2D eigenvalue weighted by Gasteiger charge is 2.24. The van der Waals surface area contributed by atoms with Crippen LogP contribution in [0, 0.1) is 0 Å². The van der Waals surface area contributed by atoms with Crippen LogP contribution in [0.4, 0.5) is 0 Å². The van der Waals surface area contributed by atoms with Crippen LogP contribution in [0.5, 0.6) is 0 Å². The Bertz CT molecular complexity index is 1940. The van der Waals surface area contributed by atoms with Crippen LogP contribution in [0.1, 0.15) is 0 Å². The molecule has 0 aliphatic heterocycles. The van der Waals surface area contributed by atoms with E-state index in [0.29, 0.717) is 0 Å². The summed E-state index contributed by atoms with van der Waals surface area (Å²) in [6.07, 6.45) is 0. The lowest BCUT2D eigenvalue weighted by molar-refractivity contribution is 1.44. The molecule has 1 aromatic heterocycles. The summed E-state index contributed by atoms with van der Waals surface area (Å²) < 4.78 is 0. The van der Waals surface area contributed by atoms with Crippen LogP contribution in [-0.2, 0) is 11.8 Å². The molecule has 0 aliphatic rings. The molecule has 1 nitrogen and oxygen atoms in total. The van der Waals surface area contributed by atoms with Gasteiger partial charge in [0.1, 0.15) is 0 Å². The van der Waals surface area contributed by atoms with Crippen LogP contribution in [0.25, 0.3) is 43.7 Å². The van der Waals surface area contributed by atoms with Crippen molar-refractivity contribution in [1.82, 2.24) is 4.98 Å². The fourth-order valence-electron chi connectivity index (χ4n) is 5.46. The van der Waals surface area contributed by atoms with Gasteiger partial charge in [-0.15, -0.1) is 0 Å². The Labute approximate surface area is 227 Å². The molecule has 0 unspecified atom stereocenters. The van der Waals surface area contributed by atoms with Gasteiger partial charge in [-0.05, 0) is 26.7 Å². The second-order valence-corrected chi connectivity index (χ2v) is 13.9. The quantitative estimate of drug-likeness (QED) is 0.172. The van der Waals surface area contributed by atoms with E-state index in [1.54, 1.807) is 0 Å². The molecule has 0 saturated carbocycles. The molecule has 1 heterocycles. The molecule has 0 aliphatic carbocycles. The molecule has 0 radical (unpaired) electrons. The third kappa shape index (κ3) is 3.69. The van der Waals surface area contributed by atoms with Gasteiger partial charge in [-0.3, -0.25) is 0 Å². The third-order valence-corrected chi connectivity index (χ3v) is 12.3. The average molecular weight is 522 g/mol. The zero-order chi connectivity index (χ0) is 25.5. The Hall–Kier alpha value is -4.10. The molecule has 180 valence electrons. The highest BCUT2D eigenvalue weighted by Crippen LogP contribution is 2.43. The lowest BCUT2D eigenvalue weighted by atomic mass is 9.97. The molecular formula is C35H24NPS. The van der Waals surface area contributed by atoms with E-state index in [-0.39, 0.29) is 0 Å². The van der Waals surface area contributed by atoms with Crippen molar-refractivity contribution in [2.45, 2.75) is 0 Å². The van der Waals surface area contributed by atoms with Crippen molar-refractivity contribution in [2.75, 3.05) is 0 Å². The Kier molecular flexibility index (Phi) is 5.66. The summed E-state index contributed by atoms with van der Waals surface area (Å²) in [4.78, 5) is 5.29. The molecule has 0 atom stereocenters. The Morgan fingerprint density at radius 1 is 0.421 bits per heavy atom. The van der Waals surface area contributed by atoms with E-state index in [0.717, 1.165) is 22.2 Å². The van der Waals surface area contributed by atoms with Crippen molar-refractivity contribution < 1.29 is 0 Å². The first kappa shape index (κ1) is 23.0. The summed E-state index contributed by atoms with van der Waals surface area (Å²) in [5.74, 6) is 0. The van der Waals surface area contributed by atoms with Crippen LogP contribution in [0.3, 0.4) is 0 Å². The number of rotatable bonds is 4. The van der Waals surface area contributed by atoms with E-state index in [4.69, 9.17) is 16.8 Å². The first-order chi connectivity index (χ1) is 18.7. The molecule has 0 saturated heterocycles. The van der Waals surface area contributed by atoms with Gasteiger partial charge in [0, 0.05) is 27.8 Å². The van der Waals surface area contributed by atoms with Crippen LogP contribution in [0.2, 0.25) is 0 Å². The minimum absolute atomic E-state index is 1.00. The topological polar surface area (TPSA) is 12.9 Å². The predicted molar refractivity (Wildman–Crippen MR) is 168 cm³/mol. The highest BCUT2D eigenvalue weighted by atomic mass is 32.4. The fourth-order valence-corrected chi connectivity index (χ4v) is 9.20. The van der Waals surface area contributed by atoms with Gasteiger partial charge >= 0.3 is 0 Å². The number of hydrogen-bond acceptors (Lipinski definition) is 2. The molecule has 7 aromatic rings. The summed E-state index contributed by atoms with van der Waals surface area (Å²) in [6, 6.07) is 49.3. The second-order valence-electron chi connectivity index (χ2n) is 9.52. The van der Waals surface area contributed by atoms with Gasteiger partial charge in [-0.1, -0.05) is 157 Å². The Balaban J connectivity index is 1.44. The van der Waals surface area contributed by atoms with Crippen LogP contribution < -0.4 is 15.9 Å². The predicted octanol–water partition coefficient (Wildman–Crippen LogP) is 7.96. The van der Waals surface area contributed by atoms with Crippen LogP contribution in [0.15, 0.2) is 146 Å². The molecular weight excluding hydrogens is 497 g/mol. The maximum absolute atomic E-state index is 6.55. The Morgan fingerprint density at radius 3 is 1.61 bits per heavy atom.